The lowest BCUT2D eigenvalue weighted by atomic mass is 10.1. The predicted octanol–water partition coefficient (Wildman–Crippen LogP) is 5.60. The van der Waals surface area contributed by atoms with E-state index in [2.05, 4.69) is 37.9 Å². The fourth-order valence-corrected chi connectivity index (χ4v) is 5.88. The molecule has 0 unspecified atom stereocenters. The average Bonchev–Trinajstić information content (AvgIpc) is 3.29. The van der Waals surface area contributed by atoms with E-state index in [1.165, 1.54) is 21.5 Å². The van der Waals surface area contributed by atoms with Gasteiger partial charge in [-0.2, -0.15) is 0 Å². The average molecular weight is 671 g/mol. The van der Waals surface area contributed by atoms with Gasteiger partial charge in [-0.25, -0.2) is 27.8 Å². The number of piperidine rings is 1. The zero-order chi connectivity index (χ0) is 34.7. The number of benzene rings is 3. The first-order valence-corrected chi connectivity index (χ1v) is 16.0. The van der Waals surface area contributed by atoms with Gasteiger partial charge in [0, 0.05) is 42.6 Å². The highest BCUT2D eigenvalue weighted by molar-refractivity contribution is 5.95. The Bertz CT molecular complexity index is 2100. The SMILES string of the molecule is Cc1c(C(=O)NCC=Cc2ccc3nc(Nc4ccc(NC5CCN(C)CC5)c(F)c4)ncc3c2)c(=O)n(Cc2ccc(F)c(F)c2)n1C. The topological polar surface area (TPSA) is 109 Å². The van der Waals surface area contributed by atoms with Crippen molar-refractivity contribution < 1.29 is 18.0 Å². The number of anilines is 3. The molecule has 1 aliphatic rings. The maximum absolute atomic E-state index is 14.9. The highest BCUT2D eigenvalue weighted by atomic mass is 19.2. The van der Waals surface area contributed by atoms with Crippen molar-refractivity contribution in [3.63, 3.8) is 0 Å². The van der Waals surface area contributed by atoms with Crippen molar-refractivity contribution in [1.82, 2.24) is 29.5 Å². The maximum Gasteiger partial charge on any atom is 0.280 e. The van der Waals surface area contributed by atoms with E-state index in [1.54, 1.807) is 38.4 Å². The number of amides is 1. The minimum Gasteiger partial charge on any atom is -0.380 e. The van der Waals surface area contributed by atoms with Crippen LogP contribution in [0.5, 0.6) is 0 Å². The molecule has 0 radical (unpaired) electrons. The molecule has 0 spiro atoms. The zero-order valence-electron chi connectivity index (χ0n) is 27.4. The van der Waals surface area contributed by atoms with Crippen molar-refractivity contribution in [2.45, 2.75) is 32.4 Å². The van der Waals surface area contributed by atoms with E-state index in [9.17, 15) is 22.8 Å². The number of hydrogen-bond donors (Lipinski definition) is 3. The summed E-state index contributed by atoms with van der Waals surface area (Å²) in [7, 11) is 3.72. The normalized spacial score (nSPS) is 14.1. The number of nitrogens with one attached hydrogen (secondary N) is 3. The molecule has 5 aromatic rings. The molecule has 1 fully saturated rings. The molecule has 1 saturated heterocycles. The lowest BCUT2D eigenvalue weighted by molar-refractivity contribution is 0.0956. The molecule has 0 atom stereocenters. The van der Waals surface area contributed by atoms with Gasteiger partial charge in [-0.1, -0.05) is 24.3 Å². The monoisotopic (exact) mass is 670 g/mol. The minimum atomic E-state index is -1.01. The fourth-order valence-electron chi connectivity index (χ4n) is 5.88. The van der Waals surface area contributed by atoms with Crippen molar-refractivity contribution in [1.29, 1.82) is 0 Å². The van der Waals surface area contributed by atoms with E-state index in [1.807, 2.05) is 24.3 Å². The Hall–Kier alpha value is -5.43. The van der Waals surface area contributed by atoms with Gasteiger partial charge in [0.15, 0.2) is 11.6 Å². The Kier molecular flexibility index (Phi) is 9.81. The number of carbonyl (C=O) groups excluding carboxylic acids is 1. The highest BCUT2D eigenvalue weighted by Crippen LogP contribution is 2.24. The van der Waals surface area contributed by atoms with Gasteiger partial charge in [-0.3, -0.25) is 14.3 Å². The van der Waals surface area contributed by atoms with Crippen LogP contribution in [0.15, 0.2) is 71.7 Å². The molecule has 2 aromatic heterocycles. The fraction of sp³-hybridized carbons (Fsp3) is 0.278. The van der Waals surface area contributed by atoms with Gasteiger partial charge in [0.05, 0.1) is 17.7 Å². The second-order valence-corrected chi connectivity index (χ2v) is 12.3. The van der Waals surface area contributed by atoms with Crippen LogP contribution in [0.25, 0.3) is 17.0 Å². The molecule has 1 aliphatic heterocycles. The number of aromatic nitrogens is 4. The second kappa shape index (κ2) is 14.4. The number of likely N-dealkylation sites (tertiary alicyclic amines) is 1. The van der Waals surface area contributed by atoms with Gasteiger partial charge in [0.25, 0.3) is 11.5 Å². The van der Waals surface area contributed by atoms with E-state index in [0.717, 1.165) is 49.0 Å². The third-order valence-corrected chi connectivity index (χ3v) is 8.80. The summed E-state index contributed by atoms with van der Waals surface area (Å²) in [6.07, 6.45) is 7.21. The highest BCUT2D eigenvalue weighted by Gasteiger charge is 2.21. The molecule has 3 N–H and O–H groups in total. The summed E-state index contributed by atoms with van der Waals surface area (Å²) in [6, 6.07) is 14.3. The van der Waals surface area contributed by atoms with E-state index in [0.29, 0.717) is 34.1 Å². The molecule has 3 heterocycles. The van der Waals surface area contributed by atoms with Gasteiger partial charge < -0.3 is 20.9 Å². The van der Waals surface area contributed by atoms with Crippen molar-refractivity contribution in [3.05, 3.63) is 117 Å². The van der Waals surface area contributed by atoms with E-state index < -0.39 is 23.1 Å². The summed E-state index contributed by atoms with van der Waals surface area (Å²) in [4.78, 5) is 37.3. The van der Waals surface area contributed by atoms with E-state index in [4.69, 9.17) is 0 Å². The maximum atomic E-state index is 14.9. The lowest BCUT2D eigenvalue weighted by Crippen LogP contribution is -2.36. The molecular formula is C36H37F3N8O2. The van der Waals surface area contributed by atoms with Crippen molar-refractivity contribution in [2.75, 3.05) is 37.3 Å². The van der Waals surface area contributed by atoms with Gasteiger partial charge in [-0.15, -0.1) is 0 Å². The van der Waals surface area contributed by atoms with Crippen LogP contribution < -0.4 is 21.5 Å². The van der Waals surface area contributed by atoms with Crippen LogP contribution in [-0.4, -0.2) is 62.9 Å². The predicted molar refractivity (Wildman–Crippen MR) is 185 cm³/mol. The molecule has 49 heavy (non-hydrogen) atoms. The third kappa shape index (κ3) is 7.67. The number of rotatable bonds is 10. The molecule has 0 saturated carbocycles. The standard InChI is InChI=1S/C36H37F3N8O2/c1-22-33(35(49)47(46(22)3)21-24-6-9-28(37)29(38)18-24)34(48)40-14-4-5-23-7-10-31-25(17-23)20-41-36(44-31)43-27-8-11-32(30(39)19-27)42-26-12-15-45(2)16-13-26/h4-11,17-20,26,42H,12-16,21H2,1-3H3,(H,40,48)(H,41,43,44). The first kappa shape index (κ1) is 33.5. The number of carbonyl (C=O) groups is 1. The van der Waals surface area contributed by atoms with Crippen LogP contribution in [-0.2, 0) is 13.6 Å². The van der Waals surface area contributed by atoms with Crippen molar-refractivity contribution >= 4 is 40.2 Å². The smallest absolute Gasteiger partial charge is 0.280 e. The van der Waals surface area contributed by atoms with Crippen molar-refractivity contribution in [2.24, 2.45) is 7.05 Å². The van der Waals surface area contributed by atoms with Gasteiger partial charge in [0.2, 0.25) is 5.95 Å². The largest absolute Gasteiger partial charge is 0.380 e. The Morgan fingerprint density at radius 3 is 2.53 bits per heavy atom. The van der Waals surface area contributed by atoms with Gasteiger partial charge in [-0.05, 0) is 93.5 Å². The zero-order valence-corrected chi connectivity index (χ0v) is 27.4. The second-order valence-electron chi connectivity index (χ2n) is 12.3. The van der Waals surface area contributed by atoms with Gasteiger partial charge >= 0.3 is 0 Å². The number of fused-ring (bicyclic) bond motifs is 1. The van der Waals surface area contributed by atoms with Crippen LogP contribution >= 0.6 is 0 Å². The van der Waals surface area contributed by atoms with Crippen LogP contribution in [0, 0.1) is 24.4 Å². The van der Waals surface area contributed by atoms with Crippen LogP contribution in [0.4, 0.5) is 30.5 Å². The molecule has 254 valence electrons. The number of hydrogen-bond acceptors (Lipinski definition) is 7. The molecule has 6 rings (SSSR count). The minimum absolute atomic E-state index is 0.0197. The van der Waals surface area contributed by atoms with Gasteiger partial charge in [0.1, 0.15) is 11.4 Å². The molecule has 13 heteroatoms. The number of nitrogens with zero attached hydrogens (tertiary/aromatic N) is 5. The third-order valence-electron chi connectivity index (χ3n) is 8.80. The first-order valence-electron chi connectivity index (χ1n) is 16.0. The molecule has 0 bridgehead atoms. The summed E-state index contributed by atoms with van der Waals surface area (Å²) in [6.45, 7) is 3.76. The summed E-state index contributed by atoms with van der Waals surface area (Å²) >= 11 is 0. The Balaban J connectivity index is 1.05. The molecule has 1 amide bonds. The van der Waals surface area contributed by atoms with Crippen LogP contribution in [0.2, 0.25) is 0 Å². The number of halogens is 3. The first-order chi connectivity index (χ1) is 23.5. The van der Waals surface area contributed by atoms with Crippen LogP contribution in [0.3, 0.4) is 0 Å². The molecule has 0 aliphatic carbocycles. The molecule has 10 nitrogen and oxygen atoms in total. The molecular weight excluding hydrogens is 633 g/mol. The Morgan fingerprint density at radius 1 is 0.980 bits per heavy atom. The van der Waals surface area contributed by atoms with Crippen molar-refractivity contribution in [3.8, 4) is 0 Å². The Morgan fingerprint density at radius 2 is 1.78 bits per heavy atom. The summed E-state index contributed by atoms with van der Waals surface area (Å²) < 4.78 is 44.7. The summed E-state index contributed by atoms with van der Waals surface area (Å²) in [5.74, 6) is -2.52. The summed E-state index contributed by atoms with van der Waals surface area (Å²) in [5, 5.41) is 9.93. The Labute approximate surface area is 281 Å². The van der Waals surface area contributed by atoms with E-state index >= 15 is 0 Å². The van der Waals surface area contributed by atoms with Crippen LogP contribution in [0.1, 0.15) is 40.0 Å². The summed E-state index contributed by atoms with van der Waals surface area (Å²) in [5.41, 5.74) is 2.86. The van der Waals surface area contributed by atoms with E-state index in [-0.39, 0.29) is 30.5 Å². The quantitative estimate of drug-likeness (QED) is 0.178. The lowest BCUT2D eigenvalue weighted by Gasteiger charge is -2.30. The molecule has 3 aromatic carbocycles.